The van der Waals surface area contributed by atoms with Crippen LogP contribution in [0.15, 0.2) is 5.82 Å². The molecule has 9 nitrogen and oxygen atoms in total. The standard InChI is InChI=1S/C50H78N8O/c59-25-42-57-47-38-21-30-13-5-6-14-31(30)22-39(38)49(57)55-45-36-19-28-11-3-4-12-29(28)20-37(36)46(52-45)56-50-41-24-33-16-8-7-15-32(33)23-40(41)48(58(42)50)54-44-35-18-27-10-2-1-9-26(27)17-34(35)43(51-44)53-47/h26-41,43-56H,1-24H2. The average molecular weight is 807 g/mol. The molecule has 6 saturated heterocycles. The third kappa shape index (κ3) is 5.71. The molecule has 0 spiro atoms. The van der Waals surface area contributed by atoms with Crippen molar-refractivity contribution in [2.24, 2.45) is 94.7 Å². The minimum Gasteiger partial charge on any atom is -0.317 e. The van der Waals surface area contributed by atoms with Gasteiger partial charge in [0.25, 0.3) is 0 Å². The van der Waals surface area contributed by atoms with E-state index in [4.69, 9.17) is 0 Å². The summed E-state index contributed by atoms with van der Waals surface area (Å²) in [4.78, 5) is 20.0. The van der Waals surface area contributed by atoms with Gasteiger partial charge in [-0.15, -0.1) is 0 Å². The maximum atomic E-state index is 14.5. The minimum absolute atomic E-state index is 0.156. The highest BCUT2D eigenvalue weighted by atomic mass is 16.1. The Labute approximate surface area is 355 Å². The number of fused-ring (bicyclic) bond motifs is 20. The second-order valence-corrected chi connectivity index (χ2v) is 24.3. The Kier molecular flexibility index (Phi) is 9.09. The van der Waals surface area contributed by atoms with Crippen LogP contribution in [-0.4, -0.2) is 65.1 Å². The van der Waals surface area contributed by atoms with Crippen molar-refractivity contribution < 1.29 is 4.79 Å². The lowest BCUT2D eigenvalue weighted by Gasteiger charge is -2.46. The molecule has 6 N–H and O–H groups in total. The highest BCUT2D eigenvalue weighted by molar-refractivity contribution is 5.52. The van der Waals surface area contributed by atoms with E-state index in [1.807, 2.05) is 0 Å². The molecule has 24 unspecified atom stereocenters. The lowest BCUT2D eigenvalue weighted by Crippen LogP contribution is -2.68. The maximum Gasteiger partial charge on any atom is 0.196 e. The molecule has 0 radical (unpaired) electrons. The molecule has 0 amide bonds. The minimum atomic E-state index is 0.156. The molecule has 0 aromatic carbocycles. The van der Waals surface area contributed by atoms with E-state index in [-0.39, 0.29) is 24.7 Å². The Bertz CT molecular complexity index is 1450. The van der Waals surface area contributed by atoms with Gasteiger partial charge in [0, 0.05) is 0 Å². The average Bonchev–Trinajstić information content (AvgIpc) is 3.96. The molecule has 14 rings (SSSR count). The predicted octanol–water partition coefficient (Wildman–Crippen LogP) is 6.82. The van der Waals surface area contributed by atoms with Gasteiger partial charge in [0.2, 0.25) is 0 Å². The van der Waals surface area contributed by atoms with E-state index < -0.39 is 0 Å². The molecule has 6 heterocycles. The Morgan fingerprint density at radius 3 is 0.763 bits per heavy atom. The molecule has 8 aliphatic carbocycles. The first-order chi connectivity index (χ1) is 29.1. The summed E-state index contributed by atoms with van der Waals surface area (Å²) in [7, 11) is 0. The Hall–Kier alpha value is -1.19. The summed E-state index contributed by atoms with van der Waals surface area (Å²) >= 11 is 0. The normalized spacial score (nSPS) is 58.1. The van der Waals surface area contributed by atoms with Gasteiger partial charge in [-0.05, 0) is 146 Å². The van der Waals surface area contributed by atoms with Crippen LogP contribution in [0.1, 0.15) is 154 Å². The Balaban J connectivity index is 0.924. The first-order valence-electron chi connectivity index (χ1n) is 26.5. The van der Waals surface area contributed by atoms with E-state index in [9.17, 15) is 4.79 Å². The number of hydrogen-bond acceptors (Lipinski definition) is 9. The summed E-state index contributed by atoms with van der Waals surface area (Å²) < 4.78 is 0. The van der Waals surface area contributed by atoms with Crippen LogP contribution in [0.5, 0.6) is 0 Å². The van der Waals surface area contributed by atoms with Crippen LogP contribution in [0.4, 0.5) is 0 Å². The third-order valence-corrected chi connectivity index (χ3v) is 22.3. The van der Waals surface area contributed by atoms with E-state index in [1.54, 1.807) is 0 Å². The second kappa shape index (κ2) is 14.4. The molecule has 9 heteroatoms. The molecule has 6 bridgehead atoms. The van der Waals surface area contributed by atoms with Crippen LogP contribution in [0.25, 0.3) is 0 Å². The molecule has 6 aliphatic heterocycles. The maximum absolute atomic E-state index is 14.5. The van der Waals surface area contributed by atoms with Gasteiger partial charge in [0.05, 0.1) is 49.3 Å². The molecule has 14 aliphatic rings. The summed E-state index contributed by atoms with van der Waals surface area (Å²) in [6.45, 7) is 0. The van der Waals surface area contributed by atoms with Gasteiger partial charge in [0.15, 0.2) is 11.8 Å². The predicted molar refractivity (Wildman–Crippen MR) is 229 cm³/mol. The summed E-state index contributed by atoms with van der Waals surface area (Å²) in [5, 5.41) is 27.1. The quantitative estimate of drug-likeness (QED) is 0.148. The highest BCUT2D eigenvalue weighted by Crippen LogP contribution is 2.59. The number of carbonyl (C=O) groups excluding carboxylic acids is 1. The summed E-state index contributed by atoms with van der Waals surface area (Å²) in [5.41, 5.74) is 0. The zero-order valence-corrected chi connectivity index (χ0v) is 36.1. The molecule has 0 aromatic rings. The van der Waals surface area contributed by atoms with E-state index in [0.29, 0.717) is 72.0 Å². The van der Waals surface area contributed by atoms with Crippen LogP contribution in [0.2, 0.25) is 0 Å². The Morgan fingerprint density at radius 2 is 0.542 bits per heavy atom. The second-order valence-electron chi connectivity index (χ2n) is 24.3. The molecule has 0 aromatic heterocycles. The van der Waals surface area contributed by atoms with E-state index in [2.05, 4.69) is 47.6 Å². The lowest BCUT2D eigenvalue weighted by molar-refractivity contribution is 0.0370. The topological polar surface area (TPSA) is 95.7 Å². The summed E-state index contributed by atoms with van der Waals surface area (Å²) in [5.74, 6) is 15.6. The van der Waals surface area contributed by atoms with Gasteiger partial charge in [-0.2, -0.15) is 0 Å². The van der Waals surface area contributed by atoms with Crippen molar-refractivity contribution in [1.82, 2.24) is 41.7 Å². The molecular formula is C50H78N8O. The van der Waals surface area contributed by atoms with Crippen LogP contribution < -0.4 is 31.9 Å². The van der Waals surface area contributed by atoms with Gasteiger partial charge in [-0.1, -0.05) is 103 Å². The van der Waals surface area contributed by atoms with E-state index >= 15 is 0 Å². The van der Waals surface area contributed by atoms with Crippen molar-refractivity contribution in [3.63, 3.8) is 0 Å². The number of rotatable bonds is 0. The summed E-state index contributed by atoms with van der Waals surface area (Å²) in [6, 6.07) is 0. The molecule has 324 valence electrons. The molecule has 8 saturated carbocycles. The third-order valence-electron chi connectivity index (χ3n) is 22.3. The van der Waals surface area contributed by atoms with Crippen molar-refractivity contribution in [1.29, 1.82) is 0 Å². The SMILES string of the molecule is O=C=C1N2C3NC4NC(NC5C6CC7CCCCC7CC6C(NC6NC(NC2C2CC7CCCCC7CC23)C2CC3CCCCC3CC62)N15)C1CC2CCCCC2CC41. The zero-order chi connectivity index (χ0) is 38.5. The van der Waals surface area contributed by atoms with Gasteiger partial charge in [-0.3, -0.25) is 31.9 Å². The van der Waals surface area contributed by atoms with E-state index in [1.165, 1.54) is 154 Å². The van der Waals surface area contributed by atoms with Crippen LogP contribution in [0.3, 0.4) is 0 Å². The van der Waals surface area contributed by atoms with Crippen molar-refractivity contribution in [2.45, 2.75) is 203 Å². The molecule has 59 heavy (non-hydrogen) atoms. The largest absolute Gasteiger partial charge is 0.317 e. The van der Waals surface area contributed by atoms with Crippen LogP contribution in [0, 0.1) is 94.7 Å². The fourth-order valence-corrected chi connectivity index (χ4v) is 19.9. The molecule has 24 atom stereocenters. The number of nitrogens with one attached hydrogen (secondary N) is 6. The zero-order valence-electron chi connectivity index (χ0n) is 36.1. The Morgan fingerprint density at radius 1 is 0.322 bits per heavy atom. The molecule has 14 fully saturated rings. The molecular weight excluding hydrogens is 729 g/mol. The van der Waals surface area contributed by atoms with Gasteiger partial charge in [0.1, 0.15) is 0 Å². The fraction of sp³-hybridized carbons (Fsp3) is 0.960. The fourth-order valence-electron chi connectivity index (χ4n) is 19.9. The van der Waals surface area contributed by atoms with Crippen molar-refractivity contribution in [3.05, 3.63) is 5.82 Å². The monoisotopic (exact) mass is 807 g/mol. The van der Waals surface area contributed by atoms with Gasteiger partial charge >= 0.3 is 0 Å². The summed E-state index contributed by atoms with van der Waals surface area (Å²) in [6.07, 6.45) is 35.5. The van der Waals surface area contributed by atoms with E-state index in [0.717, 1.165) is 53.2 Å². The number of hydrogen-bond donors (Lipinski definition) is 6. The lowest BCUT2D eigenvalue weighted by atomic mass is 9.62. The van der Waals surface area contributed by atoms with Gasteiger partial charge < -0.3 is 9.80 Å². The first kappa shape index (κ1) is 37.2. The highest BCUT2D eigenvalue weighted by Gasteiger charge is 2.65. The number of nitrogens with zero attached hydrogens (tertiary/aromatic N) is 2. The van der Waals surface area contributed by atoms with Crippen molar-refractivity contribution in [3.8, 4) is 0 Å². The van der Waals surface area contributed by atoms with Gasteiger partial charge in [-0.25, -0.2) is 4.79 Å². The first-order valence-corrected chi connectivity index (χ1v) is 26.5. The van der Waals surface area contributed by atoms with Crippen LogP contribution >= 0.6 is 0 Å². The van der Waals surface area contributed by atoms with Crippen molar-refractivity contribution >= 4 is 5.94 Å². The van der Waals surface area contributed by atoms with Crippen LogP contribution in [-0.2, 0) is 4.79 Å². The van der Waals surface area contributed by atoms with Crippen molar-refractivity contribution in [2.75, 3.05) is 0 Å². The smallest absolute Gasteiger partial charge is 0.196 e.